The zero-order valence-corrected chi connectivity index (χ0v) is 8.21. The first-order valence-electron chi connectivity index (χ1n) is 3.85. The molecule has 2 rings (SSSR count). The van der Waals surface area contributed by atoms with Crippen LogP contribution in [0.4, 0.5) is 5.69 Å². The Morgan fingerprint density at radius 3 is 2.50 bits per heavy atom. The van der Waals surface area contributed by atoms with Crippen LogP contribution in [-0.4, -0.2) is 0 Å². The van der Waals surface area contributed by atoms with Crippen LogP contribution in [0.2, 0.25) is 5.02 Å². The normalized spacial score (nSPS) is 13.8. The van der Waals surface area contributed by atoms with Crippen LogP contribution in [0.3, 0.4) is 0 Å². The molecule has 2 N–H and O–H groups in total. The fraction of sp³-hybridized carbons (Fsp3) is 0.333. The van der Waals surface area contributed by atoms with Crippen molar-refractivity contribution in [3.8, 4) is 0 Å². The van der Waals surface area contributed by atoms with Crippen molar-refractivity contribution in [1.29, 1.82) is 0 Å². The van der Waals surface area contributed by atoms with Crippen molar-refractivity contribution in [2.75, 3.05) is 5.73 Å². The third kappa shape index (κ3) is 1.39. The highest BCUT2D eigenvalue weighted by molar-refractivity contribution is 6.31. The molecule has 0 fully saturated rings. The smallest absolute Gasteiger partial charge is 0.0442 e. The molecule has 0 aliphatic heterocycles. The first kappa shape index (κ1) is 9.69. The number of nitrogens with two attached hydrogens (primary N) is 1. The van der Waals surface area contributed by atoms with Crippen LogP contribution in [-0.2, 0) is 12.8 Å². The molecule has 1 aromatic rings. The maximum absolute atomic E-state index is 5.99. The van der Waals surface area contributed by atoms with Crippen molar-refractivity contribution in [3.05, 3.63) is 28.3 Å². The summed E-state index contributed by atoms with van der Waals surface area (Å²) in [6.45, 7) is 0. The first-order valence-corrected chi connectivity index (χ1v) is 4.22. The molecule has 0 radical (unpaired) electrons. The highest BCUT2D eigenvalue weighted by Crippen LogP contribution is 2.32. The van der Waals surface area contributed by atoms with Gasteiger partial charge in [-0.1, -0.05) is 11.6 Å². The summed E-state index contributed by atoms with van der Waals surface area (Å²) in [6.07, 6.45) is 3.39. The molecule has 0 amide bonds. The van der Waals surface area contributed by atoms with Crippen molar-refractivity contribution < 1.29 is 0 Å². The molecule has 1 aromatic carbocycles. The minimum atomic E-state index is 0. The van der Waals surface area contributed by atoms with E-state index in [1.165, 1.54) is 17.5 Å². The third-order valence-electron chi connectivity index (χ3n) is 2.26. The van der Waals surface area contributed by atoms with Crippen LogP contribution in [0.25, 0.3) is 0 Å². The van der Waals surface area contributed by atoms with Crippen molar-refractivity contribution in [3.63, 3.8) is 0 Å². The maximum atomic E-state index is 5.99. The van der Waals surface area contributed by atoms with E-state index in [1.54, 1.807) is 0 Å². The van der Waals surface area contributed by atoms with E-state index in [4.69, 9.17) is 17.3 Å². The van der Waals surface area contributed by atoms with Crippen molar-refractivity contribution >= 4 is 29.7 Å². The lowest BCUT2D eigenvalue weighted by atomic mass is 10.1. The summed E-state index contributed by atoms with van der Waals surface area (Å²) >= 11 is 5.99. The average Bonchev–Trinajstić information content (AvgIpc) is 2.45. The predicted octanol–water partition coefficient (Wildman–Crippen LogP) is 2.83. The predicted molar refractivity (Wildman–Crippen MR) is 55.1 cm³/mol. The van der Waals surface area contributed by atoms with E-state index in [-0.39, 0.29) is 12.4 Å². The largest absolute Gasteiger partial charge is 0.398 e. The summed E-state index contributed by atoms with van der Waals surface area (Å²) in [5, 5.41) is 0.881. The van der Waals surface area contributed by atoms with Gasteiger partial charge in [-0.25, -0.2) is 0 Å². The molecule has 0 spiro atoms. The van der Waals surface area contributed by atoms with Gasteiger partial charge >= 0.3 is 0 Å². The molecule has 0 unspecified atom stereocenters. The molecule has 0 aromatic heterocycles. The minimum absolute atomic E-state index is 0. The minimum Gasteiger partial charge on any atom is -0.398 e. The SMILES string of the molecule is Cl.Nc1ccc(Cl)c2c1CCC2. The number of rotatable bonds is 0. The Bertz CT molecular complexity index is 268. The summed E-state index contributed by atoms with van der Waals surface area (Å²) in [6, 6.07) is 3.79. The Morgan fingerprint density at radius 2 is 1.83 bits per heavy atom. The fourth-order valence-electron chi connectivity index (χ4n) is 1.69. The van der Waals surface area contributed by atoms with Crippen LogP contribution < -0.4 is 5.73 Å². The van der Waals surface area contributed by atoms with Gasteiger partial charge in [0.2, 0.25) is 0 Å². The Labute approximate surface area is 83.3 Å². The van der Waals surface area contributed by atoms with E-state index in [9.17, 15) is 0 Å². The lowest BCUT2D eigenvalue weighted by molar-refractivity contribution is 0.912. The molecule has 0 heterocycles. The number of hydrogen-bond donors (Lipinski definition) is 1. The van der Waals surface area contributed by atoms with Gasteiger partial charge in [-0.05, 0) is 42.5 Å². The van der Waals surface area contributed by atoms with Gasteiger partial charge in [-0.2, -0.15) is 0 Å². The molecule has 1 nitrogen and oxygen atoms in total. The Morgan fingerprint density at radius 1 is 1.17 bits per heavy atom. The number of halogens is 2. The van der Waals surface area contributed by atoms with Crippen molar-refractivity contribution in [2.45, 2.75) is 19.3 Å². The van der Waals surface area contributed by atoms with Gasteiger partial charge in [0.15, 0.2) is 0 Å². The topological polar surface area (TPSA) is 26.0 Å². The van der Waals surface area contributed by atoms with Crippen LogP contribution in [0.5, 0.6) is 0 Å². The van der Waals surface area contributed by atoms with Gasteiger partial charge in [-0.3, -0.25) is 0 Å². The second-order valence-electron chi connectivity index (χ2n) is 2.95. The number of fused-ring (bicyclic) bond motifs is 1. The Kier molecular flexibility index (Phi) is 2.86. The molecular weight excluding hydrogens is 193 g/mol. The van der Waals surface area contributed by atoms with Gasteiger partial charge < -0.3 is 5.73 Å². The molecular formula is C9H11Cl2N. The number of nitrogen functional groups attached to an aromatic ring is 1. The second kappa shape index (κ2) is 3.55. The van der Waals surface area contributed by atoms with E-state index < -0.39 is 0 Å². The molecule has 0 bridgehead atoms. The van der Waals surface area contributed by atoms with Gasteiger partial charge in [-0.15, -0.1) is 12.4 Å². The van der Waals surface area contributed by atoms with Crippen molar-refractivity contribution in [1.82, 2.24) is 0 Å². The molecule has 66 valence electrons. The summed E-state index contributed by atoms with van der Waals surface area (Å²) in [5.74, 6) is 0. The quantitative estimate of drug-likeness (QED) is 0.646. The summed E-state index contributed by atoms with van der Waals surface area (Å²) in [7, 11) is 0. The second-order valence-corrected chi connectivity index (χ2v) is 3.35. The van der Waals surface area contributed by atoms with Crippen LogP contribution in [0.15, 0.2) is 12.1 Å². The third-order valence-corrected chi connectivity index (χ3v) is 2.62. The lowest BCUT2D eigenvalue weighted by Gasteiger charge is -2.04. The van der Waals surface area contributed by atoms with Crippen molar-refractivity contribution in [2.24, 2.45) is 0 Å². The molecule has 0 atom stereocenters. The Balaban J connectivity index is 0.000000720. The lowest BCUT2D eigenvalue weighted by Crippen LogP contribution is -1.93. The average molecular weight is 204 g/mol. The molecule has 0 saturated heterocycles. The summed E-state index contributed by atoms with van der Waals surface area (Å²) in [4.78, 5) is 0. The Hall–Kier alpha value is -0.400. The van der Waals surface area contributed by atoms with Crippen LogP contribution >= 0.6 is 24.0 Å². The first-order chi connectivity index (χ1) is 5.29. The zero-order valence-electron chi connectivity index (χ0n) is 6.64. The highest BCUT2D eigenvalue weighted by Gasteiger charge is 2.15. The van der Waals surface area contributed by atoms with E-state index in [0.717, 1.165) is 23.6 Å². The summed E-state index contributed by atoms with van der Waals surface area (Å²) < 4.78 is 0. The highest BCUT2D eigenvalue weighted by atomic mass is 35.5. The van der Waals surface area contributed by atoms with E-state index in [2.05, 4.69) is 0 Å². The van der Waals surface area contributed by atoms with Gasteiger partial charge in [0, 0.05) is 10.7 Å². The standard InChI is InChI=1S/C9H10ClN.ClH/c10-8-4-5-9(11)7-3-1-2-6(7)8;/h4-5H,1-3,11H2;1H. The van der Waals surface area contributed by atoms with E-state index in [1.807, 2.05) is 12.1 Å². The number of benzene rings is 1. The summed E-state index contributed by atoms with van der Waals surface area (Å²) in [5.41, 5.74) is 9.23. The molecule has 1 aliphatic carbocycles. The zero-order chi connectivity index (χ0) is 7.84. The van der Waals surface area contributed by atoms with E-state index >= 15 is 0 Å². The van der Waals surface area contributed by atoms with Crippen LogP contribution in [0.1, 0.15) is 17.5 Å². The van der Waals surface area contributed by atoms with E-state index in [0.29, 0.717) is 0 Å². The molecule has 0 saturated carbocycles. The van der Waals surface area contributed by atoms with Crippen LogP contribution in [0, 0.1) is 0 Å². The number of anilines is 1. The molecule has 3 heteroatoms. The van der Waals surface area contributed by atoms with Gasteiger partial charge in [0.05, 0.1) is 0 Å². The fourth-order valence-corrected chi connectivity index (χ4v) is 1.96. The van der Waals surface area contributed by atoms with Gasteiger partial charge in [0.25, 0.3) is 0 Å². The molecule has 12 heavy (non-hydrogen) atoms. The number of hydrogen-bond acceptors (Lipinski definition) is 1. The van der Waals surface area contributed by atoms with Gasteiger partial charge in [0.1, 0.15) is 0 Å². The molecule has 1 aliphatic rings. The monoisotopic (exact) mass is 203 g/mol. The maximum Gasteiger partial charge on any atom is 0.0442 e.